The highest BCUT2D eigenvalue weighted by atomic mass is 16.5. The van der Waals surface area contributed by atoms with Gasteiger partial charge in [0.1, 0.15) is 5.75 Å². The van der Waals surface area contributed by atoms with Crippen molar-refractivity contribution in [3.63, 3.8) is 0 Å². The van der Waals surface area contributed by atoms with Crippen LogP contribution in [0.4, 0.5) is 0 Å². The number of benzene rings is 2. The molecular formula is C14H14N2O2. The minimum absolute atomic E-state index is 0.376. The first-order chi connectivity index (χ1) is 8.68. The summed E-state index contributed by atoms with van der Waals surface area (Å²) >= 11 is 0. The number of amides is 1. The number of ether oxygens (including phenoxy) is 1. The number of hydrogen-bond acceptors (Lipinski definition) is 3. The van der Waals surface area contributed by atoms with Crippen molar-refractivity contribution in [2.45, 2.75) is 6.23 Å². The van der Waals surface area contributed by atoms with Gasteiger partial charge in [0.2, 0.25) is 5.91 Å². The minimum atomic E-state index is -0.726. The fraction of sp³-hybridized carbons (Fsp3) is 0.0714. The second-order valence-electron chi connectivity index (χ2n) is 3.80. The summed E-state index contributed by atoms with van der Waals surface area (Å²) < 4.78 is 5.56. The van der Waals surface area contributed by atoms with Gasteiger partial charge in [0.05, 0.1) is 0 Å². The average molecular weight is 242 g/mol. The Morgan fingerprint density at radius 1 is 1.00 bits per heavy atom. The summed E-state index contributed by atoms with van der Waals surface area (Å²) in [6.45, 7) is 0. The van der Waals surface area contributed by atoms with Crippen molar-refractivity contribution < 1.29 is 9.53 Å². The number of hydrogen-bond donors (Lipinski definition) is 2. The second-order valence-corrected chi connectivity index (χ2v) is 3.80. The third kappa shape index (κ3) is 2.67. The second kappa shape index (κ2) is 5.33. The normalized spacial score (nSPS) is 11.8. The van der Waals surface area contributed by atoms with Crippen LogP contribution in [0, 0.1) is 0 Å². The fourth-order valence-corrected chi connectivity index (χ4v) is 1.68. The molecule has 0 radical (unpaired) electrons. The van der Waals surface area contributed by atoms with Crippen molar-refractivity contribution in [2.75, 3.05) is 0 Å². The van der Waals surface area contributed by atoms with Crippen molar-refractivity contribution in [2.24, 2.45) is 11.5 Å². The van der Waals surface area contributed by atoms with E-state index in [1.807, 2.05) is 18.2 Å². The van der Waals surface area contributed by atoms with E-state index >= 15 is 0 Å². The van der Waals surface area contributed by atoms with Crippen LogP contribution < -0.4 is 16.2 Å². The number of para-hydroxylation sites is 1. The Labute approximate surface area is 105 Å². The Morgan fingerprint density at radius 2 is 1.61 bits per heavy atom. The minimum Gasteiger partial charge on any atom is -0.471 e. The Bertz CT molecular complexity index is 541. The van der Waals surface area contributed by atoms with E-state index < -0.39 is 12.1 Å². The van der Waals surface area contributed by atoms with Gasteiger partial charge in [-0.2, -0.15) is 0 Å². The van der Waals surface area contributed by atoms with E-state index in [-0.39, 0.29) is 0 Å². The lowest BCUT2D eigenvalue weighted by Gasteiger charge is -2.16. The number of nitrogens with two attached hydrogens (primary N) is 2. The van der Waals surface area contributed by atoms with Gasteiger partial charge < -0.3 is 10.5 Å². The van der Waals surface area contributed by atoms with E-state index in [0.717, 1.165) is 0 Å². The Kier molecular flexibility index (Phi) is 3.60. The molecule has 0 aliphatic rings. The lowest BCUT2D eigenvalue weighted by atomic mass is 10.1. The highest BCUT2D eigenvalue weighted by Crippen LogP contribution is 2.20. The maximum atomic E-state index is 11.3. The van der Waals surface area contributed by atoms with Crippen molar-refractivity contribution in [1.29, 1.82) is 0 Å². The Morgan fingerprint density at radius 3 is 2.28 bits per heavy atom. The van der Waals surface area contributed by atoms with E-state index in [2.05, 4.69) is 0 Å². The molecule has 2 rings (SSSR count). The van der Waals surface area contributed by atoms with Gasteiger partial charge in [-0.15, -0.1) is 0 Å². The maximum absolute atomic E-state index is 11.3. The molecule has 1 atom stereocenters. The summed E-state index contributed by atoms with van der Waals surface area (Å²) in [6.07, 6.45) is -0.726. The van der Waals surface area contributed by atoms with E-state index in [1.54, 1.807) is 36.4 Å². The zero-order valence-electron chi connectivity index (χ0n) is 9.74. The predicted octanol–water partition coefficient (Wildman–Crippen LogP) is 1.82. The SMILES string of the molecule is NC(=O)c1ccccc1C(N)Oc1ccccc1. The molecule has 18 heavy (non-hydrogen) atoms. The van der Waals surface area contributed by atoms with Gasteiger partial charge in [-0.3, -0.25) is 10.5 Å². The summed E-state index contributed by atoms with van der Waals surface area (Å²) in [4.78, 5) is 11.3. The number of primary amides is 1. The third-order valence-electron chi connectivity index (χ3n) is 2.54. The molecule has 92 valence electrons. The van der Waals surface area contributed by atoms with Crippen LogP contribution in [0.15, 0.2) is 54.6 Å². The highest BCUT2D eigenvalue weighted by molar-refractivity contribution is 5.94. The average Bonchev–Trinajstić information content (AvgIpc) is 2.40. The van der Waals surface area contributed by atoms with Crippen LogP contribution in [0.3, 0.4) is 0 Å². The van der Waals surface area contributed by atoms with E-state index in [1.165, 1.54) is 0 Å². The molecule has 4 nitrogen and oxygen atoms in total. The van der Waals surface area contributed by atoms with Gasteiger partial charge in [0.15, 0.2) is 6.23 Å². The van der Waals surface area contributed by atoms with Crippen molar-refractivity contribution in [3.8, 4) is 5.75 Å². The maximum Gasteiger partial charge on any atom is 0.249 e. The highest BCUT2D eigenvalue weighted by Gasteiger charge is 2.15. The first-order valence-corrected chi connectivity index (χ1v) is 5.54. The van der Waals surface area contributed by atoms with E-state index in [9.17, 15) is 4.79 Å². The molecule has 4 heteroatoms. The van der Waals surface area contributed by atoms with Crippen LogP contribution in [0.5, 0.6) is 5.75 Å². The predicted molar refractivity (Wildman–Crippen MR) is 69.0 cm³/mol. The lowest BCUT2D eigenvalue weighted by Crippen LogP contribution is -2.23. The first kappa shape index (κ1) is 12.1. The molecule has 0 aliphatic carbocycles. The molecule has 1 unspecified atom stereocenters. The van der Waals surface area contributed by atoms with Crippen LogP contribution in [0.1, 0.15) is 22.1 Å². The van der Waals surface area contributed by atoms with Crippen LogP contribution in [-0.2, 0) is 0 Å². The van der Waals surface area contributed by atoms with Crippen LogP contribution >= 0.6 is 0 Å². The van der Waals surface area contributed by atoms with Crippen LogP contribution in [0.25, 0.3) is 0 Å². The molecule has 4 N–H and O–H groups in total. The molecule has 0 fully saturated rings. The summed E-state index contributed by atoms with van der Waals surface area (Å²) in [5.74, 6) is 0.127. The number of carbonyl (C=O) groups is 1. The first-order valence-electron chi connectivity index (χ1n) is 5.54. The molecular weight excluding hydrogens is 228 g/mol. The quantitative estimate of drug-likeness (QED) is 0.803. The van der Waals surface area contributed by atoms with Gasteiger partial charge in [0, 0.05) is 11.1 Å². The monoisotopic (exact) mass is 242 g/mol. The van der Waals surface area contributed by atoms with Crippen molar-refractivity contribution in [1.82, 2.24) is 0 Å². The molecule has 0 heterocycles. The van der Waals surface area contributed by atoms with Gasteiger partial charge in [-0.05, 0) is 18.2 Å². The van der Waals surface area contributed by atoms with Crippen molar-refractivity contribution in [3.05, 3.63) is 65.7 Å². The largest absolute Gasteiger partial charge is 0.471 e. The molecule has 1 amide bonds. The smallest absolute Gasteiger partial charge is 0.249 e. The van der Waals surface area contributed by atoms with Gasteiger partial charge in [-0.25, -0.2) is 0 Å². The molecule has 0 aromatic heterocycles. The lowest BCUT2D eigenvalue weighted by molar-refractivity contribution is 0.0995. The number of rotatable bonds is 4. The summed E-state index contributed by atoms with van der Waals surface area (Å²) in [6, 6.07) is 16.1. The van der Waals surface area contributed by atoms with Gasteiger partial charge >= 0.3 is 0 Å². The molecule has 2 aromatic carbocycles. The Hall–Kier alpha value is -2.33. The fourth-order valence-electron chi connectivity index (χ4n) is 1.68. The molecule has 0 spiro atoms. The number of carbonyl (C=O) groups excluding carboxylic acids is 1. The molecule has 0 bridgehead atoms. The van der Waals surface area contributed by atoms with Gasteiger partial charge in [-0.1, -0.05) is 36.4 Å². The zero-order valence-corrected chi connectivity index (χ0v) is 9.74. The molecule has 0 saturated heterocycles. The summed E-state index contributed by atoms with van der Waals surface area (Å²) in [5.41, 5.74) is 12.2. The third-order valence-corrected chi connectivity index (χ3v) is 2.54. The summed E-state index contributed by atoms with van der Waals surface area (Å²) in [5, 5.41) is 0. The van der Waals surface area contributed by atoms with Gasteiger partial charge in [0.25, 0.3) is 0 Å². The Balaban J connectivity index is 2.24. The molecule has 2 aromatic rings. The van der Waals surface area contributed by atoms with Crippen LogP contribution in [0.2, 0.25) is 0 Å². The summed E-state index contributed by atoms with van der Waals surface area (Å²) in [7, 11) is 0. The van der Waals surface area contributed by atoms with Crippen molar-refractivity contribution >= 4 is 5.91 Å². The van der Waals surface area contributed by atoms with E-state index in [0.29, 0.717) is 16.9 Å². The zero-order chi connectivity index (χ0) is 13.0. The molecule has 0 saturated carbocycles. The van der Waals surface area contributed by atoms with E-state index in [4.69, 9.17) is 16.2 Å². The standard InChI is InChI=1S/C14H14N2O2/c15-13(17)11-8-4-5-9-12(11)14(16)18-10-6-2-1-3-7-10/h1-9,14H,16H2,(H2,15,17). The topological polar surface area (TPSA) is 78.3 Å². The molecule has 0 aliphatic heterocycles. The van der Waals surface area contributed by atoms with Crippen LogP contribution in [-0.4, -0.2) is 5.91 Å².